The number of hydrogen-bond acceptors (Lipinski definition) is 5. The van der Waals surface area contributed by atoms with E-state index in [1.165, 1.54) is 11.8 Å². The zero-order valence-corrected chi connectivity index (χ0v) is 12.5. The average molecular weight is 336 g/mol. The predicted octanol–water partition coefficient (Wildman–Crippen LogP) is 4.03. The molecule has 0 aliphatic heterocycles. The normalized spacial score (nSPS) is 11.1. The summed E-state index contributed by atoms with van der Waals surface area (Å²) in [4.78, 5) is 8.71. The number of pyridine rings is 1. The lowest BCUT2D eigenvalue weighted by molar-refractivity contribution is 0.489. The van der Waals surface area contributed by atoms with E-state index in [2.05, 4.69) is 25.9 Å². The molecule has 0 bridgehead atoms. The van der Waals surface area contributed by atoms with Crippen molar-refractivity contribution in [3.05, 3.63) is 40.5 Å². The monoisotopic (exact) mass is 335 g/mol. The van der Waals surface area contributed by atoms with E-state index >= 15 is 0 Å². The topological polar surface area (TPSA) is 64.9 Å². The van der Waals surface area contributed by atoms with E-state index in [9.17, 15) is 0 Å². The third kappa shape index (κ3) is 2.46. The third-order valence-electron chi connectivity index (χ3n) is 2.63. The number of aromatic nitrogens is 2. The van der Waals surface area contributed by atoms with E-state index in [4.69, 9.17) is 10.2 Å². The lowest BCUT2D eigenvalue weighted by Gasteiger charge is -2.02. The fourth-order valence-corrected chi connectivity index (χ4v) is 2.92. The van der Waals surface area contributed by atoms with Gasteiger partial charge in [-0.05, 0) is 58.4 Å². The molecule has 1 aromatic carbocycles. The number of nitrogen functional groups attached to an aromatic ring is 1. The molecule has 0 aliphatic rings. The summed E-state index contributed by atoms with van der Waals surface area (Å²) >= 11 is 4.90. The Labute approximate surface area is 122 Å². The summed E-state index contributed by atoms with van der Waals surface area (Å²) in [6.45, 7) is 2.02. The summed E-state index contributed by atoms with van der Waals surface area (Å²) in [7, 11) is 0. The van der Waals surface area contributed by atoms with E-state index in [1.54, 1.807) is 18.3 Å². The van der Waals surface area contributed by atoms with Crippen molar-refractivity contribution in [2.45, 2.75) is 17.2 Å². The van der Waals surface area contributed by atoms with Crippen LogP contribution in [-0.4, -0.2) is 9.97 Å². The average Bonchev–Trinajstić information content (AvgIpc) is 2.76. The molecule has 6 heteroatoms. The molecule has 0 spiro atoms. The molecule has 0 aliphatic carbocycles. The molecule has 0 saturated heterocycles. The molecule has 2 aromatic heterocycles. The van der Waals surface area contributed by atoms with Crippen LogP contribution in [0.1, 0.15) is 5.56 Å². The van der Waals surface area contributed by atoms with Crippen molar-refractivity contribution in [3.8, 4) is 0 Å². The largest absolute Gasteiger partial charge is 0.431 e. The van der Waals surface area contributed by atoms with Crippen molar-refractivity contribution < 1.29 is 4.42 Å². The van der Waals surface area contributed by atoms with Gasteiger partial charge in [-0.25, -0.2) is 9.97 Å². The van der Waals surface area contributed by atoms with Crippen LogP contribution in [0.25, 0.3) is 11.1 Å². The molecule has 2 heterocycles. The number of rotatable bonds is 2. The molecule has 4 nitrogen and oxygen atoms in total. The molecule has 2 N–H and O–H groups in total. The Morgan fingerprint density at radius 1 is 1.32 bits per heavy atom. The van der Waals surface area contributed by atoms with Crippen LogP contribution < -0.4 is 5.73 Å². The van der Waals surface area contributed by atoms with Crippen LogP contribution >= 0.6 is 27.7 Å². The van der Waals surface area contributed by atoms with Gasteiger partial charge in [-0.15, -0.1) is 0 Å². The zero-order valence-electron chi connectivity index (χ0n) is 10.1. The van der Waals surface area contributed by atoms with Gasteiger partial charge in [-0.1, -0.05) is 0 Å². The SMILES string of the molecule is Cc1ccnc(Sc2nc3ccc(N)cc3o2)c1Br. The fourth-order valence-electron chi connectivity index (χ4n) is 1.63. The first-order valence-corrected chi connectivity index (χ1v) is 7.19. The van der Waals surface area contributed by atoms with Gasteiger partial charge in [0.25, 0.3) is 5.22 Å². The fraction of sp³-hybridized carbons (Fsp3) is 0.0769. The number of halogens is 1. The molecule has 96 valence electrons. The second kappa shape index (κ2) is 4.86. The molecular formula is C13H10BrN3OS. The van der Waals surface area contributed by atoms with Gasteiger partial charge in [-0.2, -0.15) is 0 Å². The summed E-state index contributed by atoms with van der Waals surface area (Å²) in [5.74, 6) is 0. The summed E-state index contributed by atoms with van der Waals surface area (Å²) < 4.78 is 6.62. The van der Waals surface area contributed by atoms with Crippen LogP contribution in [0.5, 0.6) is 0 Å². The van der Waals surface area contributed by atoms with Crippen molar-refractivity contribution in [2.75, 3.05) is 5.73 Å². The van der Waals surface area contributed by atoms with E-state index < -0.39 is 0 Å². The van der Waals surface area contributed by atoms with Gasteiger partial charge >= 0.3 is 0 Å². The van der Waals surface area contributed by atoms with Crippen LogP contribution in [0.3, 0.4) is 0 Å². The third-order valence-corrected chi connectivity index (χ3v) is 4.74. The smallest absolute Gasteiger partial charge is 0.263 e. The number of hydrogen-bond donors (Lipinski definition) is 1. The number of oxazole rings is 1. The summed E-state index contributed by atoms with van der Waals surface area (Å²) in [6.07, 6.45) is 1.77. The lowest BCUT2D eigenvalue weighted by atomic mass is 10.3. The molecule has 0 amide bonds. The molecule has 3 aromatic rings. The van der Waals surface area contributed by atoms with Crippen LogP contribution in [0.15, 0.2) is 49.6 Å². The molecule has 0 saturated carbocycles. The zero-order chi connectivity index (χ0) is 13.4. The second-order valence-corrected chi connectivity index (χ2v) is 5.79. The van der Waals surface area contributed by atoms with Gasteiger partial charge in [-0.3, -0.25) is 0 Å². The number of aryl methyl sites for hydroxylation is 1. The first-order chi connectivity index (χ1) is 9.13. The predicted molar refractivity (Wildman–Crippen MR) is 79.2 cm³/mol. The highest BCUT2D eigenvalue weighted by Crippen LogP contribution is 2.34. The van der Waals surface area contributed by atoms with Gasteiger partial charge in [0.05, 0.1) is 4.47 Å². The Morgan fingerprint density at radius 3 is 3.00 bits per heavy atom. The first kappa shape index (κ1) is 12.5. The number of nitrogens with two attached hydrogens (primary N) is 1. The Balaban J connectivity index is 1.99. The molecule has 0 atom stereocenters. The number of anilines is 1. The molecule has 0 unspecified atom stereocenters. The first-order valence-electron chi connectivity index (χ1n) is 5.58. The van der Waals surface area contributed by atoms with Crippen LogP contribution in [0.4, 0.5) is 5.69 Å². The molecule has 0 radical (unpaired) electrons. The maximum atomic E-state index is 5.72. The summed E-state index contributed by atoms with van der Waals surface area (Å²) in [5, 5.41) is 1.39. The van der Waals surface area contributed by atoms with Crippen LogP contribution in [0.2, 0.25) is 0 Å². The molecule has 0 fully saturated rings. The number of nitrogens with zero attached hydrogens (tertiary/aromatic N) is 2. The lowest BCUT2D eigenvalue weighted by Crippen LogP contribution is -1.84. The van der Waals surface area contributed by atoms with Crippen molar-refractivity contribution in [3.63, 3.8) is 0 Å². The highest BCUT2D eigenvalue weighted by molar-refractivity contribution is 9.10. The highest BCUT2D eigenvalue weighted by atomic mass is 79.9. The van der Waals surface area contributed by atoms with Crippen molar-refractivity contribution in [1.29, 1.82) is 0 Å². The van der Waals surface area contributed by atoms with Gasteiger partial charge in [0.2, 0.25) is 0 Å². The minimum Gasteiger partial charge on any atom is -0.431 e. The number of fused-ring (bicyclic) bond motifs is 1. The highest BCUT2D eigenvalue weighted by Gasteiger charge is 2.12. The Hall–Kier alpha value is -1.53. The molecule has 19 heavy (non-hydrogen) atoms. The quantitative estimate of drug-likeness (QED) is 0.716. The van der Waals surface area contributed by atoms with E-state index in [0.29, 0.717) is 16.5 Å². The van der Waals surface area contributed by atoms with Gasteiger partial charge in [0.1, 0.15) is 10.5 Å². The van der Waals surface area contributed by atoms with Gasteiger partial charge in [0.15, 0.2) is 5.58 Å². The minimum atomic E-state index is 0.555. The number of benzene rings is 1. The molecule has 3 rings (SSSR count). The van der Waals surface area contributed by atoms with Crippen molar-refractivity contribution >= 4 is 44.5 Å². The van der Waals surface area contributed by atoms with Gasteiger partial charge in [0, 0.05) is 18.0 Å². The minimum absolute atomic E-state index is 0.555. The van der Waals surface area contributed by atoms with Crippen LogP contribution in [0, 0.1) is 6.92 Å². The summed E-state index contributed by atoms with van der Waals surface area (Å²) in [6, 6.07) is 7.36. The van der Waals surface area contributed by atoms with Crippen LogP contribution in [-0.2, 0) is 0 Å². The Bertz CT molecular complexity index is 757. The second-order valence-electron chi connectivity index (χ2n) is 4.06. The standard InChI is InChI=1S/C13H10BrN3OS/c1-7-4-5-16-12(11(7)14)19-13-17-9-3-2-8(15)6-10(9)18-13/h2-6H,15H2,1H3. The van der Waals surface area contributed by atoms with E-state index in [0.717, 1.165) is 20.6 Å². The maximum Gasteiger partial charge on any atom is 0.263 e. The summed E-state index contributed by atoms with van der Waals surface area (Å²) in [5.41, 5.74) is 8.98. The Morgan fingerprint density at radius 2 is 2.16 bits per heavy atom. The van der Waals surface area contributed by atoms with E-state index in [1.807, 2.05) is 19.1 Å². The maximum absolute atomic E-state index is 5.72. The molecular weight excluding hydrogens is 326 g/mol. The van der Waals surface area contributed by atoms with E-state index in [-0.39, 0.29) is 0 Å². The Kier molecular flexibility index (Phi) is 3.20. The van der Waals surface area contributed by atoms with Crippen molar-refractivity contribution in [1.82, 2.24) is 9.97 Å². The van der Waals surface area contributed by atoms with Gasteiger partial charge < -0.3 is 10.2 Å². The van der Waals surface area contributed by atoms with Crippen molar-refractivity contribution in [2.24, 2.45) is 0 Å².